The predicted molar refractivity (Wildman–Crippen MR) is 78.2 cm³/mol. The molecule has 7 heteroatoms. The maximum Gasteiger partial charge on any atom is 0.277 e. The Labute approximate surface area is 120 Å². The number of carbonyl (C=O) groups excluding carboxylic acids is 1. The second kappa shape index (κ2) is 5.99. The summed E-state index contributed by atoms with van der Waals surface area (Å²) in [5, 5.41) is 6.57. The number of nitrogens with one attached hydrogen (secondary N) is 2. The standard InChI is InChI=1S/C12H13ClN4OS/c1-3-14-9-5-4-8(13)10(16-9)11(18)17-12-15-6-7(2)19-12/h4-6H,3H2,1-2H3,(H,14,16)(H,15,17,18). The van der Waals surface area contributed by atoms with E-state index in [1.165, 1.54) is 11.3 Å². The molecule has 0 aliphatic rings. The maximum atomic E-state index is 12.1. The van der Waals surface area contributed by atoms with Gasteiger partial charge in [-0.15, -0.1) is 11.3 Å². The monoisotopic (exact) mass is 296 g/mol. The second-order valence-electron chi connectivity index (χ2n) is 3.79. The Morgan fingerprint density at radius 3 is 2.89 bits per heavy atom. The topological polar surface area (TPSA) is 66.9 Å². The molecule has 19 heavy (non-hydrogen) atoms. The van der Waals surface area contributed by atoms with Gasteiger partial charge >= 0.3 is 0 Å². The van der Waals surface area contributed by atoms with E-state index in [-0.39, 0.29) is 11.6 Å². The maximum absolute atomic E-state index is 12.1. The minimum Gasteiger partial charge on any atom is -0.370 e. The highest BCUT2D eigenvalue weighted by Gasteiger charge is 2.14. The molecule has 0 radical (unpaired) electrons. The third-order valence-electron chi connectivity index (χ3n) is 2.26. The van der Waals surface area contributed by atoms with Crippen LogP contribution in [0.15, 0.2) is 18.3 Å². The number of aryl methyl sites for hydroxylation is 1. The number of halogens is 1. The molecule has 2 N–H and O–H groups in total. The SMILES string of the molecule is CCNc1ccc(Cl)c(C(=O)Nc2ncc(C)s2)n1. The van der Waals surface area contributed by atoms with E-state index >= 15 is 0 Å². The molecule has 0 aliphatic heterocycles. The van der Waals surface area contributed by atoms with Gasteiger partial charge in [-0.3, -0.25) is 10.1 Å². The molecule has 0 saturated carbocycles. The van der Waals surface area contributed by atoms with Gasteiger partial charge in [-0.05, 0) is 26.0 Å². The molecule has 2 rings (SSSR count). The van der Waals surface area contributed by atoms with E-state index in [1.807, 2.05) is 13.8 Å². The van der Waals surface area contributed by atoms with Crippen LogP contribution in [0.2, 0.25) is 5.02 Å². The summed E-state index contributed by atoms with van der Waals surface area (Å²) in [6.07, 6.45) is 1.70. The van der Waals surface area contributed by atoms with Crippen molar-refractivity contribution < 1.29 is 4.79 Å². The number of hydrogen-bond donors (Lipinski definition) is 2. The van der Waals surface area contributed by atoms with E-state index in [1.54, 1.807) is 18.3 Å². The van der Waals surface area contributed by atoms with Gasteiger partial charge in [0.15, 0.2) is 5.13 Å². The molecule has 2 aromatic heterocycles. The summed E-state index contributed by atoms with van der Waals surface area (Å²) in [4.78, 5) is 21.4. The highest BCUT2D eigenvalue weighted by molar-refractivity contribution is 7.15. The highest BCUT2D eigenvalue weighted by atomic mass is 35.5. The van der Waals surface area contributed by atoms with Gasteiger partial charge in [-0.1, -0.05) is 11.6 Å². The summed E-state index contributed by atoms with van der Waals surface area (Å²) >= 11 is 7.40. The number of rotatable bonds is 4. The van der Waals surface area contributed by atoms with Crippen molar-refractivity contribution in [2.45, 2.75) is 13.8 Å². The Bertz CT molecular complexity index is 599. The fourth-order valence-electron chi connectivity index (χ4n) is 1.45. The van der Waals surface area contributed by atoms with Crippen LogP contribution >= 0.6 is 22.9 Å². The molecule has 0 unspecified atom stereocenters. The van der Waals surface area contributed by atoms with E-state index < -0.39 is 0 Å². The zero-order valence-corrected chi connectivity index (χ0v) is 12.1. The van der Waals surface area contributed by atoms with Crippen LogP contribution in [0, 0.1) is 6.92 Å². The van der Waals surface area contributed by atoms with Gasteiger partial charge in [-0.2, -0.15) is 0 Å². The number of anilines is 2. The summed E-state index contributed by atoms with van der Waals surface area (Å²) in [6.45, 7) is 4.60. The quantitative estimate of drug-likeness (QED) is 0.909. The molecule has 0 fully saturated rings. The van der Waals surface area contributed by atoms with Crippen LogP contribution < -0.4 is 10.6 Å². The normalized spacial score (nSPS) is 10.3. The lowest BCUT2D eigenvalue weighted by molar-refractivity contribution is 0.102. The molecular formula is C12H13ClN4OS. The van der Waals surface area contributed by atoms with E-state index in [0.717, 1.165) is 11.4 Å². The molecule has 1 amide bonds. The molecule has 0 atom stereocenters. The Morgan fingerprint density at radius 1 is 1.47 bits per heavy atom. The van der Waals surface area contributed by atoms with Crippen molar-refractivity contribution in [1.82, 2.24) is 9.97 Å². The summed E-state index contributed by atoms with van der Waals surface area (Å²) in [5.41, 5.74) is 0.188. The molecule has 0 aliphatic carbocycles. The average molecular weight is 297 g/mol. The first-order valence-corrected chi connectivity index (χ1v) is 6.93. The van der Waals surface area contributed by atoms with Crippen LogP contribution in [0.1, 0.15) is 22.3 Å². The van der Waals surface area contributed by atoms with Crippen molar-refractivity contribution in [3.63, 3.8) is 0 Å². The lowest BCUT2D eigenvalue weighted by Gasteiger charge is -2.07. The Balaban J connectivity index is 2.20. The van der Waals surface area contributed by atoms with Crippen molar-refractivity contribution >= 4 is 39.8 Å². The smallest absolute Gasteiger partial charge is 0.277 e. The summed E-state index contributed by atoms with van der Waals surface area (Å²) in [6, 6.07) is 3.38. The largest absolute Gasteiger partial charge is 0.370 e. The Morgan fingerprint density at radius 2 is 2.26 bits per heavy atom. The summed E-state index contributed by atoms with van der Waals surface area (Å²) in [5.74, 6) is 0.256. The third kappa shape index (κ3) is 3.42. The van der Waals surface area contributed by atoms with Crippen LogP contribution in [-0.4, -0.2) is 22.4 Å². The van der Waals surface area contributed by atoms with E-state index in [4.69, 9.17) is 11.6 Å². The van der Waals surface area contributed by atoms with Crippen molar-refractivity contribution in [2.24, 2.45) is 0 Å². The first-order chi connectivity index (χ1) is 9.10. The molecule has 100 valence electrons. The average Bonchev–Trinajstić information content (AvgIpc) is 2.77. The molecule has 0 saturated heterocycles. The molecular weight excluding hydrogens is 284 g/mol. The first-order valence-electron chi connectivity index (χ1n) is 5.74. The van der Waals surface area contributed by atoms with Gasteiger partial charge in [0, 0.05) is 17.6 Å². The number of nitrogens with zero attached hydrogens (tertiary/aromatic N) is 2. The zero-order valence-electron chi connectivity index (χ0n) is 10.5. The van der Waals surface area contributed by atoms with Gasteiger partial charge in [0.1, 0.15) is 11.5 Å². The molecule has 2 heterocycles. The Hall–Kier alpha value is -1.66. The number of aromatic nitrogens is 2. The number of amides is 1. The van der Waals surface area contributed by atoms with Crippen molar-refractivity contribution in [3.8, 4) is 0 Å². The zero-order chi connectivity index (χ0) is 13.8. The van der Waals surface area contributed by atoms with Crippen molar-refractivity contribution in [3.05, 3.63) is 33.9 Å². The third-order valence-corrected chi connectivity index (χ3v) is 3.39. The van der Waals surface area contributed by atoms with Gasteiger partial charge in [-0.25, -0.2) is 9.97 Å². The van der Waals surface area contributed by atoms with E-state index in [9.17, 15) is 4.79 Å². The fraction of sp³-hybridized carbons (Fsp3) is 0.250. The van der Waals surface area contributed by atoms with Crippen LogP contribution in [0.4, 0.5) is 10.9 Å². The van der Waals surface area contributed by atoms with Gasteiger partial charge in [0.25, 0.3) is 5.91 Å². The summed E-state index contributed by atoms with van der Waals surface area (Å²) < 4.78 is 0. The van der Waals surface area contributed by atoms with Crippen molar-refractivity contribution in [1.29, 1.82) is 0 Å². The number of hydrogen-bond acceptors (Lipinski definition) is 5. The second-order valence-corrected chi connectivity index (χ2v) is 5.43. The van der Waals surface area contributed by atoms with E-state index in [2.05, 4.69) is 20.6 Å². The number of carbonyl (C=O) groups is 1. The number of thiazole rings is 1. The van der Waals surface area contributed by atoms with Gasteiger partial charge in [0.2, 0.25) is 0 Å². The lowest BCUT2D eigenvalue weighted by atomic mass is 10.3. The first kappa shape index (κ1) is 13.8. The van der Waals surface area contributed by atoms with Crippen molar-refractivity contribution in [2.75, 3.05) is 17.2 Å². The molecule has 5 nitrogen and oxygen atoms in total. The minimum atomic E-state index is -0.362. The molecule has 0 spiro atoms. The number of pyridine rings is 1. The van der Waals surface area contributed by atoms with Crippen LogP contribution in [-0.2, 0) is 0 Å². The Kier molecular flexibility index (Phi) is 4.34. The fourth-order valence-corrected chi connectivity index (χ4v) is 2.30. The highest BCUT2D eigenvalue weighted by Crippen LogP contribution is 2.20. The molecule has 2 aromatic rings. The van der Waals surface area contributed by atoms with Gasteiger partial charge in [0.05, 0.1) is 5.02 Å². The van der Waals surface area contributed by atoms with Crippen LogP contribution in [0.3, 0.4) is 0 Å². The van der Waals surface area contributed by atoms with Crippen LogP contribution in [0.5, 0.6) is 0 Å². The lowest BCUT2D eigenvalue weighted by Crippen LogP contribution is -2.15. The van der Waals surface area contributed by atoms with Crippen LogP contribution in [0.25, 0.3) is 0 Å². The summed E-state index contributed by atoms with van der Waals surface area (Å²) in [7, 11) is 0. The molecule has 0 bridgehead atoms. The van der Waals surface area contributed by atoms with Gasteiger partial charge < -0.3 is 5.32 Å². The van der Waals surface area contributed by atoms with E-state index in [0.29, 0.717) is 16.0 Å². The predicted octanol–water partition coefficient (Wildman–Crippen LogP) is 3.18. The minimum absolute atomic E-state index is 0.188. The molecule has 0 aromatic carbocycles.